The minimum Gasteiger partial charge on any atom is -0.316 e. The first-order valence-electron chi connectivity index (χ1n) is 7.40. The molecule has 0 saturated carbocycles. The predicted octanol–water partition coefficient (Wildman–Crippen LogP) is 4.51. The van der Waals surface area contributed by atoms with Gasteiger partial charge in [-0.2, -0.15) is 0 Å². The van der Waals surface area contributed by atoms with Gasteiger partial charge in [-0.15, -0.1) is 0 Å². The zero-order chi connectivity index (χ0) is 13.4. The summed E-state index contributed by atoms with van der Waals surface area (Å²) in [5, 5.41) is 3.61. The molecule has 0 amide bonds. The van der Waals surface area contributed by atoms with Crippen molar-refractivity contribution in [2.45, 2.75) is 52.9 Å². The highest BCUT2D eigenvalue weighted by molar-refractivity contribution is 5.24. The van der Waals surface area contributed by atoms with Crippen molar-refractivity contribution >= 4 is 0 Å². The molecular formula is C17H29N. The fourth-order valence-corrected chi connectivity index (χ4v) is 2.22. The Labute approximate surface area is 113 Å². The van der Waals surface area contributed by atoms with Gasteiger partial charge in [0.25, 0.3) is 0 Å². The van der Waals surface area contributed by atoms with Crippen LogP contribution < -0.4 is 5.32 Å². The van der Waals surface area contributed by atoms with Crippen LogP contribution in [0.4, 0.5) is 0 Å². The van der Waals surface area contributed by atoms with Crippen LogP contribution in [0, 0.1) is 12.8 Å². The van der Waals surface area contributed by atoms with Crippen molar-refractivity contribution in [1.29, 1.82) is 0 Å². The van der Waals surface area contributed by atoms with E-state index in [4.69, 9.17) is 0 Å². The Morgan fingerprint density at radius 3 is 2.28 bits per heavy atom. The van der Waals surface area contributed by atoms with Gasteiger partial charge in [0.15, 0.2) is 0 Å². The summed E-state index contributed by atoms with van der Waals surface area (Å²) >= 11 is 0. The summed E-state index contributed by atoms with van der Waals surface area (Å²) in [5.41, 5.74) is 2.84. The lowest BCUT2D eigenvalue weighted by Crippen LogP contribution is -2.25. The largest absolute Gasteiger partial charge is 0.316 e. The lowest BCUT2D eigenvalue weighted by molar-refractivity contribution is 0.490. The molecule has 1 rings (SSSR count). The van der Waals surface area contributed by atoms with Crippen LogP contribution in [0.3, 0.4) is 0 Å². The van der Waals surface area contributed by atoms with E-state index in [1.807, 2.05) is 0 Å². The second kappa shape index (κ2) is 8.31. The Morgan fingerprint density at radius 1 is 1.06 bits per heavy atom. The van der Waals surface area contributed by atoms with E-state index in [0.29, 0.717) is 5.92 Å². The molecule has 0 radical (unpaired) electrons. The molecule has 0 spiro atoms. The molecule has 1 nitrogen and oxygen atoms in total. The minimum atomic E-state index is 0.671. The number of nitrogens with one attached hydrogen (secondary N) is 1. The number of unbranched alkanes of at least 4 members (excludes halogenated alkanes) is 1. The van der Waals surface area contributed by atoms with Gasteiger partial charge in [-0.1, -0.05) is 63.4 Å². The molecule has 0 aliphatic carbocycles. The van der Waals surface area contributed by atoms with Gasteiger partial charge >= 0.3 is 0 Å². The number of hydrogen-bond acceptors (Lipinski definition) is 1. The number of rotatable bonds is 8. The van der Waals surface area contributed by atoms with Crippen LogP contribution in [-0.2, 0) is 0 Å². The maximum atomic E-state index is 3.61. The second-order valence-electron chi connectivity index (χ2n) is 5.80. The summed E-state index contributed by atoms with van der Waals surface area (Å²) in [6.07, 6.45) is 3.90. The highest BCUT2D eigenvalue weighted by Gasteiger charge is 2.10. The van der Waals surface area contributed by atoms with E-state index in [9.17, 15) is 0 Å². The molecule has 0 saturated heterocycles. The molecule has 0 bridgehead atoms. The Bertz CT molecular complexity index is 313. The summed E-state index contributed by atoms with van der Waals surface area (Å²) in [6, 6.07) is 9.06. The van der Waals surface area contributed by atoms with Crippen molar-refractivity contribution in [3.8, 4) is 0 Å². The van der Waals surface area contributed by atoms with Gasteiger partial charge in [-0.3, -0.25) is 0 Å². The molecule has 18 heavy (non-hydrogen) atoms. The molecule has 1 aromatic rings. The van der Waals surface area contributed by atoms with Crippen molar-refractivity contribution in [2.75, 3.05) is 13.1 Å². The quantitative estimate of drug-likeness (QED) is 0.712. The van der Waals surface area contributed by atoms with Crippen molar-refractivity contribution in [3.05, 3.63) is 35.4 Å². The van der Waals surface area contributed by atoms with Crippen molar-refractivity contribution < 1.29 is 0 Å². The van der Waals surface area contributed by atoms with Crippen molar-refractivity contribution in [2.24, 2.45) is 5.92 Å². The van der Waals surface area contributed by atoms with Crippen LogP contribution in [-0.4, -0.2) is 13.1 Å². The zero-order valence-electron chi connectivity index (χ0n) is 12.5. The van der Waals surface area contributed by atoms with Crippen LogP contribution in [0.15, 0.2) is 24.3 Å². The third-order valence-corrected chi connectivity index (χ3v) is 3.40. The fraction of sp³-hybridized carbons (Fsp3) is 0.647. The Balaban J connectivity index is 2.56. The van der Waals surface area contributed by atoms with Gasteiger partial charge in [0.2, 0.25) is 0 Å². The van der Waals surface area contributed by atoms with Crippen LogP contribution in [0.25, 0.3) is 0 Å². The summed E-state index contributed by atoms with van der Waals surface area (Å²) in [4.78, 5) is 0. The molecule has 1 N–H and O–H groups in total. The SMILES string of the molecule is CCCCC(CNCC(C)C)c1ccc(C)cc1. The Kier molecular flexibility index (Phi) is 7.04. The second-order valence-corrected chi connectivity index (χ2v) is 5.80. The molecule has 0 aliphatic rings. The summed E-state index contributed by atoms with van der Waals surface area (Å²) < 4.78 is 0. The molecule has 0 aliphatic heterocycles. The molecular weight excluding hydrogens is 218 g/mol. The monoisotopic (exact) mass is 247 g/mol. The molecule has 0 fully saturated rings. The molecule has 1 atom stereocenters. The van der Waals surface area contributed by atoms with E-state index in [0.717, 1.165) is 19.0 Å². The third-order valence-electron chi connectivity index (χ3n) is 3.40. The van der Waals surface area contributed by atoms with E-state index in [2.05, 4.69) is 57.3 Å². The first-order chi connectivity index (χ1) is 8.63. The van der Waals surface area contributed by atoms with Gasteiger partial charge in [0, 0.05) is 6.54 Å². The summed E-state index contributed by atoms with van der Waals surface area (Å²) in [5.74, 6) is 1.40. The fourth-order valence-electron chi connectivity index (χ4n) is 2.22. The standard InChI is InChI=1S/C17H29N/c1-5-6-7-17(13-18-12-14(2)3)16-10-8-15(4)9-11-16/h8-11,14,17-18H,5-7,12-13H2,1-4H3. The zero-order valence-corrected chi connectivity index (χ0v) is 12.5. The Hall–Kier alpha value is -0.820. The van der Waals surface area contributed by atoms with Gasteiger partial charge in [-0.05, 0) is 37.3 Å². The van der Waals surface area contributed by atoms with E-state index in [-0.39, 0.29) is 0 Å². The predicted molar refractivity (Wildman–Crippen MR) is 81.2 cm³/mol. The molecule has 1 heteroatoms. The van der Waals surface area contributed by atoms with Crippen LogP contribution in [0.5, 0.6) is 0 Å². The normalized spacial score (nSPS) is 12.9. The summed E-state index contributed by atoms with van der Waals surface area (Å²) in [7, 11) is 0. The van der Waals surface area contributed by atoms with Crippen molar-refractivity contribution in [3.63, 3.8) is 0 Å². The Morgan fingerprint density at radius 2 is 1.72 bits per heavy atom. The topological polar surface area (TPSA) is 12.0 Å². The first-order valence-corrected chi connectivity index (χ1v) is 7.40. The van der Waals surface area contributed by atoms with Crippen LogP contribution in [0.2, 0.25) is 0 Å². The van der Waals surface area contributed by atoms with Gasteiger partial charge in [-0.25, -0.2) is 0 Å². The molecule has 0 aromatic heterocycles. The number of hydrogen-bond donors (Lipinski definition) is 1. The highest BCUT2D eigenvalue weighted by Crippen LogP contribution is 2.22. The van der Waals surface area contributed by atoms with Crippen LogP contribution >= 0.6 is 0 Å². The van der Waals surface area contributed by atoms with Crippen LogP contribution in [0.1, 0.15) is 57.1 Å². The van der Waals surface area contributed by atoms with E-state index in [1.165, 1.54) is 30.4 Å². The van der Waals surface area contributed by atoms with E-state index in [1.54, 1.807) is 0 Å². The average molecular weight is 247 g/mol. The molecule has 1 aromatic carbocycles. The van der Waals surface area contributed by atoms with Gasteiger partial charge in [0.05, 0.1) is 0 Å². The van der Waals surface area contributed by atoms with E-state index < -0.39 is 0 Å². The highest BCUT2D eigenvalue weighted by atomic mass is 14.9. The summed E-state index contributed by atoms with van der Waals surface area (Å²) in [6.45, 7) is 11.2. The molecule has 102 valence electrons. The molecule has 1 unspecified atom stereocenters. The average Bonchev–Trinajstić information content (AvgIpc) is 2.34. The number of benzene rings is 1. The molecule has 0 heterocycles. The maximum Gasteiger partial charge on any atom is 0.00202 e. The smallest absolute Gasteiger partial charge is 0.00202 e. The van der Waals surface area contributed by atoms with Gasteiger partial charge < -0.3 is 5.32 Å². The lowest BCUT2D eigenvalue weighted by atomic mass is 9.93. The third kappa shape index (κ3) is 5.68. The van der Waals surface area contributed by atoms with Crippen molar-refractivity contribution in [1.82, 2.24) is 5.32 Å². The minimum absolute atomic E-state index is 0.671. The van der Waals surface area contributed by atoms with Gasteiger partial charge in [0.1, 0.15) is 0 Å². The maximum absolute atomic E-state index is 3.61. The number of aryl methyl sites for hydroxylation is 1. The van der Waals surface area contributed by atoms with E-state index >= 15 is 0 Å². The lowest BCUT2D eigenvalue weighted by Gasteiger charge is -2.19. The first kappa shape index (κ1) is 15.2.